The Morgan fingerprint density at radius 3 is 2.55 bits per heavy atom. The van der Waals surface area contributed by atoms with E-state index in [0.717, 1.165) is 24.9 Å². The van der Waals surface area contributed by atoms with Crippen LogP contribution in [0.1, 0.15) is 49.1 Å². The zero-order chi connectivity index (χ0) is 22.1. The number of anilines is 1. The molecule has 0 amide bonds. The zero-order valence-corrected chi connectivity index (χ0v) is 19.1. The van der Waals surface area contributed by atoms with E-state index < -0.39 is 0 Å². The molecule has 1 aromatic heterocycles. The quantitative estimate of drug-likeness (QED) is 0.540. The summed E-state index contributed by atoms with van der Waals surface area (Å²) in [5.41, 5.74) is 3.05. The first-order valence-electron chi connectivity index (χ1n) is 12.3. The van der Waals surface area contributed by atoms with Gasteiger partial charge in [-0.05, 0) is 68.3 Å². The Morgan fingerprint density at radius 1 is 0.970 bits per heavy atom. The Balaban J connectivity index is 1.03. The van der Waals surface area contributed by atoms with Crippen LogP contribution in [0.25, 0.3) is 0 Å². The first kappa shape index (κ1) is 20.7. The number of aromatic nitrogens is 2. The van der Waals surface area contributed by atoms with Crippen molar-refractivity contribution in [2.75, 3.05) is 31.1 Å². The maximum atomic E-state index is 6.26. The monoisotopic (exact) mass is 444 g/mol. The maximum Gasteiger partial charge on any atom is 0.317 e. The van der Waals surface area contributed by atoms with E-state index in [1.165, 1.54) is 62.7 Å². The lowest BCUT2D eigenvalue weighted by Crippen LogP contribution is -2.56. The van der Waals surface area contributed by atoms with Crippen molar-refractivity contribution < 1.29 is 9.15 Å². The van der Waals surface area contributed by atoms with E-state index in [1.54, 1.807) is 0 Å². The molecule has 0 unspecified atom stereocenters. The molecule has 1 saturated carbocycles. The number of nitrogens with zero attached hydrogens (tertiary/aromatic N) is 4. The number of likely N-dealkylation sites (tertiary alicyclic amines) is 1. The summed E-state index contributed by atoms with van der Waals surface area (Å²) >= 11 is 0. The molecule has 3 heterocycles. The van der Waals surface area contributed by atoms with Gasteiger partial charge in [0.15, 0.2) is 0 Å². The van der Waals surface area contributed by atoms with Crippen molar-refractivity contribution in [1.29, 1.82) is 0 Å². The normalized spacial score (nSPS) is 23.0. The number of benzene rings is 2. The molecule has 1 aliphatic carbocycles. The largest absolute Gasteiger partial charge is 0.489 e. The van der Waals surface area contributed by atoms with Gasteiger partial charge in [-0.25, -0.2) is 0 Å². The second-order valence-corrected chi connectivity index (χ2v) is 10.1. The highest BCUT2D eigenvalue weighted by Crippen LogP contribution is 2.49. The minimum absolute atomic E-state index is 0.452. The van der Waals surface area contributed by atoms with Crippen molar-refractivity contribution >= 4 is 6.01 Å². The second-order valence-electron chi connectivity index (χ2n) is 10.1. The number of rotatable bonds is 6. The number of piperidine rings is 1. The molecule has 172 valence electrons. The van der Waals surface area contributed by atoms with E-state index in [0.29, 0.717) is 24.0 Å². The van der Waals surface area contributed by atoms with E-state index in [9.17, 15) is 0 Å². The van der Waals surface area contributed by atoms with Crippen molar-refractivity contribution in [2.24, 2.45) is 5.41 Å². The van der Waals surface area contributed by atoms with E-state index in [-0.39, 0.29) is 0 Å². The van der Waals surface area contributed by atoms with Gasteiger partial charge in [-0.3, -0.25) is 0 Å². The summed E-state index contributed by atoms with van der Waals surface area (Å²) in [6.07, 6.45) is 7.79. The summed E-state index contributed by atoms with van der Waals surface area (Å²) in [7, 11) is 0. The van der Waals surface area contributed by atoms with Crippen molar-refractivity contribution in [3.05, 3.63) is 72.1 Å². The van der Waals surface area contributed by atoms with Gasteiger partial charge in [-0.2, -0.15) is 0 Å². The average molecular weight is 445 g/mol. The lowest BCUT2D eigenvalue weighted by molar-refractivity contribution is 0.129. The van der Waals surface area contributed by atoms with Crippen LogP contribution in [0.4, 0.5) is 6.01 Å². The van der Waals surface area contributed by atoms with Crippen LogP contribution in [-0.4, -0.2) is 47.3 Å². The summed E-state index contributed by atoms with van der Waals surface area (Å²) < 4.78 is 11.6. The molecule has 2 aliphatic heterocycles. The van der Waals surface area contributed by atoms with Crippen LogP contribution in [0.3, 0.4) is 0 Å². The van der Waals surface area contributed by atoms with Crippen LogP contribution in [0.2, 0.25) is 0 Å². The molecule has 1 spiro atoms. The van der Waals surface area contributed by atoms with Gasteiger partial charge in [-0.15, -0.1) is 5.10 Å². The summed E-state index contributed by atoms with van der Waals surface area (Å²) in [5.74, 6) is 1.63. The summed E-state index contributed by atoms with van der Waals surface area (Å²) in [6.45, 7) is 5.13. The molecular weight excluding hydrogens is 412 g/mol. The lowest BCUT2D eigenvalue weighted by atomic mass is 9.78. The zero-order valence-electron chi connectivity index (χ0n) is 19.1. The first-order chi connectivity index (χ1) is 16.3. The molecule has 6 rings (SSSR count). The maximum absolute atomic E-state index is 6.26. The minimum atomic E-state index is 0.452. The molecule has 0 N–H and O–H groups in total. The molecule has 2 aromatic carbocycles. The van der Waals surface area contributed by atoms with Crippen molar-refractivity contribution in [2.45, 2.75) is 50.7 Å². The van der Waals surface area contributed by atoms with Gasteiger partial charge in [-0.1, -0.05) is 53.6 Å². The van der Waals surface area contributed by atoms with E-state index in [2.05, 4.69) is 68.5 Å². The molecule has 6 heteroatoms. The number of para-hydroxylation sites is 1. The molecule has 0 radical (unpaired) electrons. The third-order valence-electron chi connectivity index (χ3n) is 7.99. The van der Waals surface area contributed by atoms with Crippen LogP contribution in [-0.2, 0) is 6.61 Å². The Labute approximate surface area is 195 Å². The van der Waals surface area contributed by atoms with Gasteiger partial charge in [0.2, 0.25) is 6.39 Å². The number of ether oxygens (including phenoxy) is 1. The topological polar surface area (TPSA) is 54.6 Å². The number of hydrogen-bond donors (Lipinski definition) is 0. The smallest absolute Gasteiger partial charge is 0.317 e. The van der Waals surface area contributed by atoms with Crippen LogP contribution in [0.15, 0.2) is 65.4 Å². The third kappa shape index (κ3) is 4.24. The third-order valence-corrected chi connectivity index (χ3v) is 7.99. The minimum Gasteiger partial charge on any atom is -0.489 e. The van der Waals surface area contributed by atoms with Crippen LogP contribution in [0, 0.1) is 5.41 Å². The Hall–Kier alpha value is -2.86. The molecule has 0 bridgehead atoms. The molecule has 3 aromatic rings. The Morgan fingerprint density at radius 2 is 1.76 bits per heavy atom. The van der Waals surface area contributed by atoms with E-state index in [4.69, 9.17) is 9.15 Å². The first-order valence-corrected chi connectivity index (χ1v) is 12.3. The predicted octanol–water partition coefficient (Wildman–Crippen LogP) is 4.89. The molecule has 33 heavy (non-hydrogen) atoms. The summed E-state index contributed by atoms with van der Waals surface area (Å²) in [5, 5.41) is 7.88. The molecule has 2 saturated heterocycles. The second kappa shape index (κ2) is 8.82. The molecule has 3 fully saturated rings. The summed E-state index contributed by atoms with van der Waals surface area (Å²) in [4.78, 5) is 4.99. The summed E-state index contributed by atoms with van der Waals surface area (Å²) in [6, 6.07) is 20.5. The molecule has 6 nitrogen and oxygen atoms in total. The van der Waals surface area contributed by atoms with Crippen molar-refractivity contribution in [3.63, 3.8) is 0 Å². The average Bonchev–Trinajstić information content (AvgIpc) is 3.53. The van der Waals surface area contributed by atoms with Crippen molar-refractivity contribution in [1.82, 2.24) is 15.1 Å². The highest BCUT2D eigenvalue weighted by Gasteiger charge is 2.50. The van der Waals surface area contributed by atoms with Gasteiger partial charge in [0.05, 0.1) is 0 Å². The van der Waals surface area contributed by atoms with Gasteiger partial charge in [0, 0.05) is 24.5 Å². The molecule has 1 atom stereocenters. The fourth-order valence-electron chi connectivity index (χ4n) is 6.24. The number of hydrogen-bond acceptors (Lipinski definition) is 6. The fraction of sp³-hybridized carbons (Fsp3) is 0.481. The van der Waals surface area contributed by atoms with E-state index in [1.807, 2.05) is 6.07 Å². The van der Waals surface area contributed by atoms with Gasteiger partial charge in [0.25, 0.3) is 0 Å². The standard InChI is InChI=1S/C27H32N4O2/c1-2-6-21(7-3-1)17-32-25-9-5-4-8-24(25)22-11-14-30(15-12-22)23-10-13-27(16-23)18-31(19-27)26-29-28-20-33-26/h1-9,20,22-23H,10-19H2/t23-/m1/s1. The Bertz CT molecular complexity index is 1040. The SMILES string of the molecule is c1ccc(COc2ccccc2C2CCN([C@@H]3CCC4(C3)CN(c3nnco3)C4)CC2)cc1. The van der Waals surface area contributed by atoms with Crippen LogP contribution in [0.5, 0.6) is 5.75 Å². The van der Waals surface area contributed by atoms with Gasteiger partial charge < -0.3 is 19.0 Å². The molecular formula is C27H32N4O2. The highest BCUT2D eigenvalue weighted by molar-refractivity contribution is 5.37. The van der Waals surface area contributed by atoms with Crippen LogP contribution >= 0.6 is 0 Å². The predicted molar refractivity (Wildman–Crippen MR) is 127 cm³/mol. The lowest BCUT2D eigenvalue weighted by Gasteiger charge is -2.48. The van der Waals surface area contributed by atoms with E-state index >= 15 is 0 Å². The van der Waals surface area contributed by atoms with Gasteiger partial charge in [0.1, 0.15) is 12.4 Å². The van der Waals surface area contributed by atoms with Crippen LogP contribution < -0.4 is 9.64 Å². The van der Waals surface area contributed by atoms with Crippen molar-refractivity contribution in [3.8, 4) is 5.75 Å². The van der Waals surface area contributed by atoms with Gasteiger partial charge >= 0.3 is 6.01 Å². The fourth-order valence-corrected chi connectivity index (χ4v) is 6.24. The highest BCUT2D eigenvalue weighted by atomic mass is 16.5. The molecule has 3 aliphatic rings. The Kier molecular flexibility index (Phi) is 5.54.